The molecule has 0 amide bonds. The Balaban J connectivity index is 2.87. The van der Waals surface area contributed by atoms with E-state index < -0.39 is 19.2 Å². The van der Waals surface area contributed by atoms with Gasteiger partial charge in [0.15, 0.2) is 5.66 Å². The predicted octanol–water partition coefficient (Wildman–Crippen LogP) is 2.74. The average Bonchev–Trinajstić information content (AvgIpc) is 2.15. The molecule has 1 heterocycles. The summed E-state index contributed by atoms with van der Waals surface area (Å²) in [7, 11) is -3.44. The minimum atomic E-state index is -3.44. The Morgan fingerprint density at radius 1 is 1.24 bits per heavy atom. The summed E-state index contributed by atoms with van der Waals surface area (Å²) in [5, 5.41) is 0. The van der Waals surface area contributed by atoms with Crippen molar-refractivity contribution >= 4 is 13.6 Å². The molecular weight excluding hydrogens is 243 g/mol. The van der Waals surface area contributed by atoms with Crippen LogP contribution in [0, 0.1) is 0 Å². The highest BCUT2D eigenvalue weighted by Gasteiger charge is 2.45. The fraction of sp³-hybridized carbons (Fsp3) is 0.909. The van der Waals surface area contributed by atoms with E-state index >= 15 is 0 Å². The van der Waals surface area contributed by atoms with Crippen molar-refractivity contribution < 1.29 is 23.1 Å². The third kappa shape index (κ3) is 4.09. The molecule has 100 valence electrons. The Morgan fingerprint density at radius 3 is 2.18 bits per heavy atom. The van der Waals surface area contributed by atoms with Crippen molar-refractivity contribution in [1.29, 1.82) is 0 Å². The summed E-state index contributed by atoms with van der Waals surface area (Å²) in [5.41, 5.74) is -0.777. The Bertz CT molecular complexity index is 299. The molecule has 0 saturated carbocycles. The molecule has 1 atom stereocenters. The normalized spacial score (nSPS) is 22.0. The number of carbonyl (C=O) groups is 1. The molecule has 0 aliphatic carbocycles. The fourth-order valence-corrected chi connectivity index (χ4v) is 4.06. The van der Waals surface area contributed by atoms with Crippen LogP contribution in [0.25, 0.3) is 0 Å². The molecule has 1 aliphatic heterocycles. The molecule has 5 nitrogen and oxygen atoms in total. The molecule has 1 unspecified atom stereocenters. The zero-order valence-electron chi connectivity index (χ0n) is 10.8. The molecule has 0 aromatic heterocycles. The van der Waals surface area contributed by atoms with Crippen LogP contribution in [0.3, 0.4) is 0 Å². The lowest BCUT2D eigenvalue weighted by Gasteiger charge is -2.30. The van der Waals surface area contributed by atoms with Crippen LogP contribution in [0.5, 0.6) is 0 Å². The Hall–Kier alpha value is -0.380. The Kier molecular flexibility index (Phi) is 5.17. The largest absolute Gasteiger partial charge is 0.465 e. The van der Waals surface area contributed by atoms with Gasteiger partial charge in [-0.25, -0.2) is 0 Å². The molecule has 0 radical (unpaired) electrons. The van der Waals surface area contributed by atoms with Gasteiger partial charge in [-0.3, -0.25) is 9.36 Å². The van der Waals surface area contributed by atoms with Gasteiger partial charge in [-0.2, -0.15) is 0 Å². The van der Waals surface area contributed by atoms with Crippen LogP contribution in [-0.4, -0.2) is 30.4 Å². The first-order valence-electron chi connectivity index (χ1n) is 5.98. The number of hydrogen-bond donors (Lipinski definition) is 0. The summed E-state index contributed by atoms with van der Waals surface area (Å²) in [4.78, 5) is 11.6. The van der Waals surface area contributed by atoms with Crippen molar-refractivity contribution in [3.8, 4) is 0 Å². The summed E-state index contributed by atoms with van der Waals surface area (Å²) in [6.45, 7) is 7.46. The minimum absolute atomic E-state index is 0.255. The van der Waals surface area contributed by atoms with E-state index in [2.05, 4.69) is 0 Å². The van der Waals surface area contributed by atoms with E-state index in [-0.39, 0.29) is 12.2 Å². The molecular formula is C11H21O5P. The second-order valence-electron chi connectivity index (χ2n) is 4.67. The molecule has 1 fully saturated rings. The van der Waals surface area contributed by atoms with Crippen LogP contribution in [0.1, 0.15) is 40.5 Å². The first-order chi connectivity index (χ1) is 7.85. The highest BCUT2D eigenvalue weighted by molar-refractivity contribution is 7.55. The van der Waals surface area contributed by atoms with Gasteiger partial charge < -0.3 is 13.8 Å². The summed E-state index contributed by atoms with van der Waals surface area (Å²) in [5.74, 6) is -0.471. The number of rotatable bonds is 5. The lowest BCUT2D eigenvalue weighted by atomic mass is 10.2. The van der Waals surface area contributed by atoms with Crippen molar-refractivity contribution in [2.24, 2.45) is 0 Å². The van der Waals surface area contributed by atoms with E-state index in [9.17, 15) is 9.36 Å². The standard InChI is InChI=1S/C11H21O5P/c1-8(2)15-17(13,16-9(3)4)10-6-5-7-14-11(10)12/h8-10H,5-7H2,1-4H3. The van der Waals surface area contributed by atoms with Crippen molar-refractivity contribution in [2.45, 2.75) is 58.4 Å². The van der Waals surface area contributed by atoms with E-state index in [1.807, 2.05) is 0 Å². The smallest absolute Gasteiger partial charge is 0.345 e. The second kappa shape index (κ2) is 5.98. The van der Waals surface area contributed by atoms with Crippen LogP contribution >= 0.6 is 7.60 Å². The van der Waals surface area contributed by atoms with Crippen molar-refractivity contribution in [3.05, 3.63) is 0 Å². The van der Waals surface area contributed by atoms with Crippen molar-refractivity contribution in [2.75, 3.05) is 6.61 Å². The Labute approximate surface area is 102 Å². The molecule has 6 heteroatoms. The summed E-state index contributed by atoms with van der Waals surface area (Å²) in [6, 6.07) is 0. The SMILES string of the molecule is CC(C)OP(=O)(OC(C)C)C1CCCOC1=O. The van der Waals surface area contributed by atoms with Crippen molar-refractivity contribution in [3.63, 3.8) is 0 Å². The van der Waals surface area contributed by atoms with Gasteiger partial charge >= 0.3 is 13.6 Å². The number of cyclic esters (lactones) is 1. The first-order valence-corrected chi connectivity index (χ1v) is 7.59. The summed E-state index contributed by atoms with van der Waals surface area (Å²) < 4.78 is 28.4. The predicted molar refractivity (Wildman–Crippen MR) is 64.0 cm³/mol. The van der Waals surface area contributed by atoms with Gasteiger partial charge in [0, 0.05) is 0 Å². The fourth-order valence-electron chi connectivity index (χ4n) is 1.71. The number of carbonyl (C=O) groups excluding carboxylic acids is 1. The average molecular weight is 264 g/mol. The third-order valence-corrected chi connectivity index (χ3v) is 4.90. The van der Waals surface area contributed by atoms with Gasteiger partial charge in [0.25, 0.3) is 0 Å². The van der Waals surface area contributed by atoms with E-state index in [1.54, 1.807) is 27.7 Å². The van der Waals surface area contributed by atoms with Crippen LogP contribution in [0.2, 0.25) is 0 Å². The summed E-state index contributed by atoms with van der Waals surface area (Å²) in [6.07, 6.45) is 0.683. The molecule has 1 aliphatic rings. The van der Waals surface area contributed by atoms with Crippen LogP contribution in [0.15, 0.2) is 0 Å². The van der Waals surface area contributed by atoms with Crippen LogP contribution in [-0.2, 0) is 23.1 Å². The maximum atomic E-state index is 12.7. The topological polar surface area (TPSA) is 61.8 Å². The van der Waals surface area contributed by atoms with Gasteiger partial charge in [-0.15, -0.1) is 0 Å². The summed E-state index contributed by atoms with van der Waals surface area (Å²) >= 11 is 0. The van der Waals surface area contributed by atoms with Crippen LogP contribution in [0.4, 0.5) is 0 Å². The Morgan fingerprint density at radius 2 is 1.76 bits per heavy atom. The van der Waals surface area contributed by atoms with Gasteiger partial charge in [-0.1, -0.05) is 0 Å². The van der Waals surface area contributed by atoms with Gasteiger partial charge in [0.2, 0.25) is 0 Å². The zero-order chi connectivity index (χ0) is 13.1. The minimum Gasteiger partial charge on any atom is -0.465 e. The van der Waals surface area contributed by atoms with Crippen molar-refractivity contribution in [1.82, 2.24) is 0 Å². The van der Waals surface area contributed by atoms with Crippen LogP contribution < -0.4 is 0 Å². The molecule has 0 spiro atoms. The van der Waals surface area contributed by atoms with E-state index in [0.717, 1.165) is 0 Å². The monoisotopic (exact) mass is 264 g/mol. The third-order valence-electron chi connectivity index (χ3n) is 2.24. The van der Waals surface area contributed by atoms with E-state index in [4.69, 9.17) is 13.8 Å². The number of esters is 1. The zero-order valence-corrected chi connectivity index (χ0v) is 11.7. The number of ether oxygens (including phenoxy) is 1. The van der Waals surface area contributed by atoms with E-state index in [0.29, 0.717) is 19.4 Å². The molecule has 1 saturated heterocycles. The molecule has 0 aromatic rings. The maximum Gasteiger partial charge on any atom is 0.345 e. The maximum absolute atomic E-state index is 12.7. The molecule has 0 bridgehead atoms. The molecule has 1 rings (SSSR count). The van der Waals surface area contributed by atoms with Gasteiger partial charge in [0.1, 0.15) is 0 Å². The second-order valence-corrected chi connectivity index (χ2v) is 6.80. The highest BCUT2D eigenvalue weighted by atomic mass is 31.2. The molecule has 0 N–H and O–H groups in total. The van der Waals surface area contributed by atoms with Gasteiger partial charge in [0.05, 0.1) is 18.8 Å². The first kappa shape index (κ1) is 14.7. The lowest BCUT2D eigenvalue weighted by Crippen LogP contribution is -2.32. The van der Waals surface area contributed by atoms with Gasteiger partial charge in [-0.05, 0) is 40.5 Å². The molecule has 17 heavy (non-hydrogen) atoms. The highest BCUT2D eigenvalue weighted by Crippen LogP contribution is 2.57. The number of hydrogen-bond acceptors (Lipinski definition) is 5. The van der Waals surface area contributed by atoms with E-state index in [1.165, 1.54) is 0 Å². The quantitative estimate of drug-likeness (QED) is 0.564. The lowest BCUT2D eigenvalue weighted by molar-refractivity contribution is -0.146. The molecule has 0 aromatic carbocycles.